The van der Waals surface area contributed by atoms with Crippen LogP contribution in [0.3, 0.4) is 0 Å². The number of fused-ring (bicyclic) bond motifs is 2. The molecule has 1 aliphatic heterocycles. The minimum Gasteiger partial charge on any atom is -0.456 e. The second-order valence-electron chi connectivity index (χ2n) is 15.3. The Morgan fingerprint density at radius 2 is 0.733 bits per heavy atom. The van der Waals surface area contributed by atoms with Gasteiger partial charge in [-0.3, -0.25) is 0 Å². The molecule has 0 unspecified atom stereocenters. The van der Waals surface area contributed by atoms with Crippen molar-refractivity contribution in [1.82, 2.24) is 0 Å². The van der Waals surface area contributed by atoms with E-state index in [1.807, 2.05) is 0 Å². The molecule has 10 aromatic rings. The molecule has 60 heavy (non-hydrogen) atoms. The van der Waals surface area contributed by atoms with Gasteiger partial charge < -0.3 is 9.64 Å². The third kappa shape index (κ3) is 6.51. The first-order valence-corrected chi connectivity index (χ1v) is 20.5. The standard InChI is InChI=1S/C58H39NO/c1-4-13-40(14-5-1)41-25-31-49(32-26-41)59(50-33-27-42(28-34-50)47-29-35-52(43-15-6-2-7-16-43)54(38-47)44-17-8-3-9-18-44)51-22-10-21-46(37-51)48-30-36-56-55(39-48)53-23-11-19-45-20-12-24-57(60-56)58(45)53/h1-39H. The Labute approximate surface area is 350 Å². The predicted octanol–water partition coefficient (Wildman–Crippen LogP) is 16.4. The zero-order chi connectivity index (χ0) is 39.8. The van der Waals surface area contributed by atoms with Crippen molar-refractivity contribution in [3.8, 4) is 78.3 Å². The van der Waals surface area contributed by atoms with Crippen molar-refractivity contribution in [2.24, 2.45) is 0 Å². The van der Waals surface area contributed by atoms with E-state index in [9.17, 15) is 0 Å². The fourth-order valence-electron chi connectivity index (χ4n) is 8.70. The molecule has 0 fully saturated rings. The maximum atomic E-state index is 6.45. The minimum atomic E-state index is 0.881. The topological polar surface area (TPSA) is 12.5 Å². The van der Waals surface area contributed by atoms with Crippen LogP contribution in [0, 0.1) is 0 Å². The number of nitrogens with zero attached hydrogens (tertiary/aromatic N) is 1. The fourth-order valence-corrected chi connectivity index (χ4v) is 8.70. The molecule has 0 radical (unpaired) electrons. The van der Waals surface area contributed by atoms with Crippen LogP contribution in [-0.2, 0) is 0 Å². The number of rotatable bonds is 8. The molecule has 0 atom stereocenters. The summed E-state index contributed by atoms with van der Waals surface area (Å²) in [6.45, 7) is 0. The molecule has 0 spiro atoms. The van der Waals surface area contributed by atoms with Gasteiger partial charge in [0, 0.05) is 28.0 Å². The van der Waals surface area contributed by atoms with Gasteiger partial charge in [-0.05, 0) is 127 Å². The van der Waals surface area contributed by atoms with Crippen LogP contribution >= 0.6 is 0 Å². The van der Waals surface area contributed by atoms with Gasteiger partial charge in [-0.25, -0.2) is 0 Å². The summed E-state index contributed by atoms with van der Waals surface area (Å²) in [6, 6.07) is 84.8. The molecule has 0 aliphatic carbocycles. The van der Waals surface area contributed by atoms with E-state index in [1.165, 1.54) is 49.9 Å². The summed E-state index contributed by atoms with van der Waals surface area (Å²) in [7, 11) is 0. The number of hydrogen-bond acceptors (Lipinski definition) is 2. The maximum absolute atomic E-state index is 6.45. The first kappa shape index (κ1) is 35.2. The van der Waals surface area contributed by atoms with Crippen LogP contribution in [0.25, 0.3) is 77.5 Å². The highest BCUT2D eigenvalue weighted by Gasteiger charge is 2.21. The van der Waals surface area contributed by atoms with Gasteiger partial charge in [0.05, 0.1) is 0 Å². The van der Waals surface area contributed by atoms with Crippen LogP contribution < -0.4 is 9.64 Å². The van der Waals surface area contributed by atoms with Crippen LogP contribution in [0.2, 0.25) is 0 Å². The molecule has 0 N–H and O–H groups in total. The molecule has 2 nitrogen and oxygen atoms in total. The van der Waals surface area contributed by atoms with E-state index in [1.54, 1.807) is 0 Å². The van der Waals surface area contributed by atoms with Crippen molar-refractivity contribution in [2.75, 3.05) is 4.90 Å². The highest BCUT2D eigenvalue weighted by atomic mass is 16.5. The molecule has 1 aliphatic rings. The molecule has 1 heterocycles. The number of ether oxygens (including phenoxy) is 1. The average Bonchev–Trinajstić information content (AvgIpc) is 3.33. The Bertz CT molecular complexity index is 3130. The summed E-state index contributed by atoms with van der Waals surface area (Å²) in [5.74, 6) is 1.79. The van der Waals surface area contributed by atoms with Crippen molar-refractivity contribution < 1.29 is 4.74 Å². The zero-order valence-electron chi connectivity index (χ0n) is 32.9. The van der Waals surface area contributed by atoms with Gasteiger partial charge >= 0.3 is 0 Å². The molecular formula is C58H39NO. The smallest absolute Gasteiger partial charge is 0.135 e. The molecule has 0 aromatic heterocycles. The minimum absolute atomic E-state index is 0.881. The summed E-state index contributed by atoms with van der Waals surface area (Å²) in [5.41, 5.74) is 17.4. The zero-order valence-corrected chi connectivity index (χ0v) is 32.9. The summed E-state index contributed by atoms with van der Waals surface area (Å²) in [4.78, 5) is 2.36. The normalized spacial score (nSPS) is 11.5. The number of anilines is 3. The number of hydrogen-bond donors (Lipinski definition) is 0. The Morgan fingerprint density at radius 3 is 1.42 bits per heavy atom. The van der Waals surface area contributed by atoms with E-state index < -0.39 is 0 Å². The first-order valence-electron chi connectivity index (χ1n) is 20.5. The monoisotopic (exact) mass is 765 g/mol. The van der Waals surface area contributed by atoms with Gasteiger partial charge in [-0.1, -0.05) is 176 Å². The van der Waals surface area contributed by atoms with Crippen LogP contribution in [0.15, 0.2) is 237 Å². The quantitative estimate of drug-likeness (QED) is 0.153. The maximum Gasteiger partial charge on any atom is 0.135 e. The van der Waals surface area contributed by atoms with Crippen molar-refractivity contribution in [3.63, 3.8) is 0 Å². The predicted molar refractivity (Wildman–Crippen MR) is 251 cm³/mol. The molecule has 11 rings (SSSR count). The highest BCUT2D eigenvalue weighted by Crippen LogP contribution is 2.48. The lowest BCUT2D eigenvalue weighted by molar-refractivity contribution is 0.487. The molecule has 0 amide bonds. The molecule has 282 valence electrons. The lowest BCUT2D eigenvalue weighted by Gasteiger charge is -2.27. The van der Waals surface area contributed by atoms with E-state index in [-0.39, 0.29) is 0 Å². The summed E-state index contributed by atoms with van der Waals surface area (Å²) in [6.07, 6.45) is 0. The van der Waals surface area contributed by atoms with E-state index in [2.05, 4.69) is 241 Å². The van der Waals surface area contributed by atoms with E-state index in [0.29, 0.717) is 0 Å². The van der Waals surface area contributed by atoms with Gasteiger partial charge in [0.15, 0.2) is 0 Å². The number of benzene rings is 10. The van der Waals surface area contributed by atoms with Gasteiger partial charge in [0.25, 0.3) is 0 Å². The summed E-state index contributed by atoms with van der Waals surface area (Å²) >= 11 is 0. The van der Waals surface area contributed by atoms with Crippen molar-refractivity contribution in [3.05, 3.63) is 237 Å². The largest absolute Gasteiger partial charge is 0.456 e. The highest BCUT2D eigenvalue weighted by molar-refractivity contribution is 6.04. The molecule has 0 saturated heterocycles. The SMILES string of the molecule is c1ccc(-c2ccc(N(c3ccc(-c4ccc(-c5ccccc5)c(-c5ccccc5)c4)cc3)c3cccc(-c4ccc5c(c4)-c4cccc6cccc(c46)O5)c3)cc2)cc1. The van der Waals surface area contributed by atoms with E-state index in [4.69, 9.17) is 4.74 Å². The Morgan fingerprint density at radius 1 is 0.250 bits per heavy atom. The molecule has 0 bridgehead atoms. The average molecular weight is 766 g/mol. The lowest BCUT2D eigenvalue weighted by atomic mass is 9.91. The third-order valence-corrected chi connectivity index (χ3v) is 11.7. The van der Waals surface area contributed by atoms with Crippen molar-refractivity contribution >= 4 is 27.8 Å². The van der Waals surface area contributed by atoms with Crippen LogP contribution in [-0.4, -0.2) is 0 Å². The van der Waals surface area contributed by atoms with Crippen LogP contribution in [0.4, 0.5) is 17.1 Å². The van der Waals surface area contributed by atoms with Gasteiger partial charge in [-0.2, -0.15) is 0 Å². The lowest BCUT2D eigenvalue weighted by Crippen LogP contribution is -2.10. The Kier molecular flexibility index (Phi) is 8.87. The Hall–Kier alpha value is -7.94. The second-order valence-corrected chi connectivity index (χ2v) is 15.3. The Balaban J connectivity index is 0.988. The van der Waals surface area contributed by atoms with Gasteiger partial charge in [-0.15, -0.1) is 0 Å². The van der Waals surface area contributed by atoms with Gasteiger partial charge in [0.1, 0.15) is 11.5 Å². The van der Waals surface area contributed by atoms with Crippen molar-refractivity contribution in [2.45, 2.75) is 0 Å². The molecule has 10 aromatic carbocycles. The van der Waals surface area contributed by atoms with Gasteiger partial charge in [0.2, 0.25) is 0 Å². The van der Waals surface area contributed by atoms with Crippen LogP contribution in [0.5, 0.6) is 11.5 Å². The van der Waals surface area contributed by atoms with Crippen LogP contribution in [0.1, 0.15) is 0 Å². The second kappa shape index (κ2) is 15.1. The molecular weight excluding hydrogens is 727 g/mol. The first-order chi connectivity index (χ1) is 29.7. The fraction of sp³-hybridized carbons (Fsp3) is 0. The molecule has 0 saturated carbocycles. The van der Waals surface area contributed by atoms with E-state index in [0.717, 1.165) is 56.2 Å². The summed E-state index contributed by atoms with van der Waals surface area (Å²) < 4.78 is 6.45. The van der Waals surface area contributed by atoms with E-state index >= 15 is 0 Å². The summed E-state index contributed by atoms with van der Waals surface area (Å²) in [5, 5.41) is 2.35. The van der Waals surface area contributed by atoms with Crippen molar-refractivity contribution in [1.29, 1.82) is 0 Å². The molecule has 2 heteroatoms. The third-order valence-electron chi connectivity index (χ3n) is 11.7.